The second kappa shape index (κ2) is 5.91. The quantitative estimate of drug-likeness (QED) is 0.763. The number of hydrogen-bond donors (Lipinski definition) is 1. The van der Waals surface area contributed by atoms with E-state index in [-0.39, 0.29) is 5.75 Å². The predicted octanol–water partition coefficient (Wildman–Crippen LogP) is 3.21. The Morgan fingerprint density at radius 1 is 1.33 bits per heavy atom. The number of allylic oxidation sites excluding steroid dienone is 3. The number of aromatic hydroxyl groups is 1. The number of ether oxygens (including phenoxy) is 1. The molecule has 0 atom stereocenters. The van der Waals surface area contributed by atoms with Gasteiger partial charge in [-0.3, -0.25) is 0 Å². The summed E-state index contributed by atoms with van der Waals surface area (Å²) in [5.41, 5.74) is 1.02. The number of phenols is 1. The Morgan fingerprint density at radius 3 is 2.87 bits per heavy atom. The fourth-order valence-corrected chi connectivity index (χ4v) is 1.13. The van der Waals surface area contributed by atoms with Crippen LogP contribution < -0.4 is 4.74 Å². The highest BCUT2D eigenvalue weighted by Gasteiger charge is 1.98. The molecule has 0 aliphatic rings. The number of benzene rings is 1. The van der Waals surface area contributed by atoms with Crippen molar-refractivity contribution >= 4 is 0 Å². The first-order chi connectivity index (χ1) is 7.24. The lowest BCUT2D eigenvalue weighted by Crippen LogP contribution is -1.94. The molecule has 1 aromatic rings. The third kappa shape index (κ3) is 3.90. The Kier molecular flexibility index (Phi) is 4.48. The average molecular weight is 204 g/mol. The second-order valence-electron chi connectivity index (χ2n) is 3.21. The van der Waals surface area contributed by atoms with Gasteiger partial charge in [0.25, 0.3) is 0 Å². The molecule has 1 N–H and O–H groups in total. The van der Waals surface area contributed by atoms with Gasteiger partial charge in [-0.25, -0.2) is 0 Å². The normalized spacial score (nSPS) is 11.3. The monoisotopic (exact) mass is 204 g/mol. The van der Waals surface area contributed by atoms with Crippen molar-refractivity contribution in [1.29, 1.82) is 0 Å². The number of hydrogen-bond acceptors (Lipinski definition) is 2. The Bertz CT molecular complexity index is 365. The minimum absolute atomic E-state index is 0.230. The third-order valence-corrected chi connectivity index (χ3v) is 1.95. The van der Waals surface area contributed by atoms with E-state index in [0.717, 1.165) is 11.3 Å². The van der Waals surface area contributed by atoms with Crippen molar-refractivity contribution < 1.29 is 9.84 Å². The first-order valence-electron chi connectivity index (χ1n) is 4.94. The molecule has 2 heteroatoms. The summed E-state index contributed by atoms with van der Waals surface area (Å²) in [6.07, 6.45) is 7.75. The third-order valence-electron chi connectivity index (χ3n) is 1.95. The van der Waals surface area contributed by atoms with Crippen LogP contribution in [0.5, 0.6) is 11.5 Å². The fourth-order valence-electron chi connectivity index (χ4n) is 1.13. The zero-order chi connectivity index (χ0) is 11.1. The second-order valence-corrected chi connectivity index (χ2v) is 3.21. The van der Waals surface area contributed by atoms with E-state index in [1.807, 2.05) is 44.2 Å². The van der Waals surface area contributed by atoms with Crippen molar-refractivity contribution in [3.05, 3.63) is 48.1 Å². The minimum Gasteiger partial charge on any atom is -0.508 e. The van der Waals surface area contributed by atoms with Crippen LogP contribution in [0.2, 0.25) is 0 Å². The smallest absolute Gasteiger partial charge is 0.126 e. The highest BCUT2D eigenvalue weighted by molar-refractivity contribution is 5.39. The van der Waals surface area contributed by atoms with Crippen LogP contribution in [0, 0.1) is 6.92 Å². The van der Waals surface area contributed by atoms with Gasteiger partial charge in [0.2, 0.25) is 0 Å². The lowest BCUT2D eigenvalue weighted by Gasteiger charge is -2.06. The van der Waals surface area contributed by atoms with E-state index in [1.165, 1.54) is 0 Å². The van der Waals surface area contributed by atoms with Crippen molar-refractivity contribution in [2.45, 2.75) is 13.8 Å². The number of aryl methyl sites for hydroxylation is 1. The van der Waals surface area contributed by atoms with Crippen LogP contribution in [-0.4, -0.2) is 11.7 Å². The van der Waals surface area contributed by atoms with Crippen molar-refractivity contribution in [2.75, 3.05) is 6.61 Å². The first kappa shape index (κ1) is 11.4. The molecule has 0 saturated heterocycles. The molecule has 0 unspecified atom stereocenters. The first-order valence-corrected chi connectivity index (χ1v) is 4.94. The molecule has 80 valence electrons. The van der Waals surface area contributed by atoms with Gasteiger partial charge in [0.05, 0.1) is 0 Å². The SMILES string of the molecule is CC=CC=CCOc1cc(O)ccc1C. The molecule has 0 bridgehead atoms. The Morgan fingerprint density at radius 2 is 2.13 bits per heavy atom. The van der Waals surface area contributed by atoms with Gasteiger partial charge in [0, 0.05) is 6.07 Å². The molecule has 0 amide bonds. The van der Waals surface area contributed by atoms with Crippen LogP contribution in [0.1, 0.15) is 12.5 Å². The average Bonchev–Trinajstić information content (AvgIpc) is 2.23. The van der Waals surface area contributed by atoms with Crippen LogP contribution in [-0.2, 0) is 0 Å². The largest absolute Gasteiger partial charge is 0.508 e. The molecule has 0 saturated carbocycles. The van der Waals surface area contributed by atoms with Crippen LogP contribution in [0.25, 0.3) is 0 Å². The highest BCUT2D eigenvalue weighted by Crippen LogP contribution is 2.22. The van der Waals surface area contributed by atoms with Gasteiger partial charge in [0.1, 0.15) is 18.1 Å². The van der Waals surface area contributed by atoms with E-state index in [0.29, 0.717) is 6.61 Å². The molecule has 2 nitrogen and oxygen atoms in total. The van der Waals surface area contributed by atoms with Crippen LogP contribution in [0.4, 0.5) is 0 Å². The molecule has 0 fully saturated rings. The van der Waals surface area contributed by atoms with Gasteiger partial charge in [-0.15, -0.1) is 0 Å². The summed E-state index contributed by atoms with van der Waals surface area (Å²) in [6, 6.07) is 5.11. The molecule has 0 heterocycles. The maximum Gasteiger partial charge on any atom is 0.126 e. The Balaban J connectivity index is 2.53. The summed E-state index contributed by atoms with van der Waals surface area (Å²) >= 11 is 0. The van der Waals surface area contributed by atoms with Gasteiger partial charge in [-0.05, 0) is 31.6 Å². The number of rotatable bonds is 4. The highest BCUT2D eigenvalue weighted by atomic mass is 16.5. The van der Waals surface area contributed by atoms with Crippen molar-refractivity contribution in [1.82, 2.24) is 0 Å². The van der Waals surface area contributed by atoms with Crippen molar-refractivity contribution in [3.63, 3.8) is 0 Å². The maximum atomic E-state index is 9.27. The van der Waals surface area contributed by atoms with E-state index in [2.05, 4.69) is 0 Å². The van der Waals surface area contributed by atoms with E-state index in [9.17, 15) is 5.11 Å². The van der Waals surface area contributed by atoms with Gasteiger partial charge in [0.15, 0.2) is 0 Å². The molecular formula is C13H16O2. The molecule has 15 heavy (non-hydrogen) atoms. The summed E-state index contributed by atoms with van der Waals surface area (Å²) < 4.78 is 5.48. The van der Waals surface area contributed by atoms with Crippen LogP contribution >= 0.6 is 0 Å². The molecule has 0 aliphatic heterocycles. The molecule has 0 aliphatic carbocycles. The summed E-state index contributed by atoms with van der Waals surface area (Å²) in [6.45, 7) is 4.42. The molecule has 0 spiro atoms. The fraction of sp³-hybridized carbons (Fsp3) is 0.231. The zero-order valence-electron chi connectivity index (χ0n) is 9.10. The minimum atomic E-state index is 0.230. The van der Waals surface area contributed by atoms with E-state index < -0.39 is 0 Å². The van der Waals surface area contributed by atoms with Gasteiger partial charge < -0.3 is 9.84 Å². The van der Waals surface area contributed by atoms with E-state index >= 15 is 0 Å². The predicted molar refractivity (Wildman–Crippen MR) is 62.3 cm³/mol. The van der Waals surface area contributed by atoms with Crippen LogP contribution in [0.3, 0.4) is 0 Å². The topological polar surface area (TPSA) is 29.5 Å². The summed E-state index contributed by atoms with van der Waals surface area (Å²) in [4.78, 5) is 0. The van der Waals surface area contributed by atoms with Crippen molar-refractivity contribution in [2.24, 2.45) is 0 Å². The van der Waals surface area contributed by atoms with Crippen molar-refractivity contribution in [3.8, 4) is 11.5 Å². The standard InChI is InChI=1S/C13H16O2/c1-3-4-5-6-9-15-13-10-12(14)8-7-11(13)2/h3-8,10,14H,9H2,1-2H3. The molecular weight excluding hydrogens is 188 g/mol. The maximum absolute atomic E-state index is 9.27. The summed E-state index contributed by atoms with van der Waals surface area (Å²) in [5, 5.41) is 9.27. The molecule has 1 rings (SSSR count). The number of phenolic OH excluding ortho intramolecular Hbond substituents is 1. The lowest BCUT2D eigenvalue weighted by atomic mass is 10.2. The molecule has 0 aromatic heterocycles. The van der Waals surface area contributed by atoms with Gasteiger partial charge in [-0.2, -0.15) is 0 Å². The Labute approximate surface area is 90.5 Å². The Hall–Kier alpha value is -1.70. The summed E-state index contributed by atoms with van der Waals surface area (Å²) in [7, 11) is 0. The van der Waals surface area contributed by atoms with Gasteiger partial charge in [-0.1, -0.05) is 24.3 Å². The zero-order valence-corrected chi connectivity index (χ0v) is 9.10. The van der Waals surface area contributed by atoms with Gasteiger partial charge >= 0.3 is 0 Å². The summed E-state index contributed by atoms with van der Waals surface area (Å²) in [5.74, 6) is 0.952. The van der Waals surface area contributed by atoms with Crippen LogP contribution in [0.15, 0.2) is 42.5 Å². The molecule has 1 aromatic carbocycles. The molecule has 0 radical (unpaired) electrons. The lowest BCUT2D eigenvalue weighted by molar-refractivity contribution is 0.357. The van der Waals surface area contributed by atoms with E-state index in [1.54, 1.807) is 12.1 Å². The van der Waals surface area contributed by atoms with E-state index in [4.69, 9.17) is 4.74 Å².